The predicted octanol–water partition coefficient (Wildman–Crippen LogP) is 5.19. The van der Waals surface area contributed by atoms with Gasteiger partial charge in [-0.1, -0.05) is 60.2 Å². The van der Waals surface area contributed by atoms with Crippen LogP contribution in [-0.2, 0) is 37.4 Å². The molecule has 0 aliphatic carbocycles. The van der Waals surface area contributed by atoms with Gasteiger partial charge in [0.05, 0.1) is 5.92 Å². The highest BCUT2D eigenvalue weighted by atomic mass is 32.2. The molecule has 0 radical (unpaired) electrons. The minimum Gasteiger partial charge on any atom is -0.460 e. The molecule has 3 aromatic rings. The Kier molecular flexibility index (Phi) is 9.52. The van der Waals surface area contributed by atoms with E-state index in [-0.39, 0.29) is 30.2 Å². The van der Waals surface area contributed by atoms with Gasteiger partial charge in [0.15, 0.2) is 0 Å². The molecule has 0 spiro atoms. The standard InChI is InChI=1S/C29H33NO7S/c1-21-10-16-26(17-11-21)38(33,34)37-25-14-12-22(13-15-25)18-24(27(31)36-29(2,3)4)19-30-28(32)35-20-23-8-6-5-7-9-23/h5-17,24H,18-20H2,1-4H3,(H,30,32). The third-order valence-electron chi connectivity index (χ3n) is 5.37. The van der Waals surface area contributed by atoms with E-state index in [1.165, 1.54) is 24.3 Å². The minimum atomic E-state index is -3.98. The van der Waals surface area contributed by atoms with Gasteiger partial charge in [-0.2, -0.15) is 8.42 Å². The maximum Gasteiger partial charge on any atom is 0.407 e. The third kappa shape index (κ3) is 9.23. The Morgan fingerprint density at radius 2 is 1.50 bits per heavy atom. The number of hydrogen-bond acceptors (Lipinski definition) is 7. The van der Waals surface area contributed by atoms with Crippen LogP contribution in [0.3, 0.4) is 0 Å². The van der Waals surface area contributed by atoms with Crippen molar-refractivity contribution in [3.05, 3.63) is 95.6 Å². The lowest BCUT2D eigenvalue weighted by Crippen LogP contribution is -2.38. The number of amides is 1. The van der Waals surface area contributed by atoms with Crippen LogP contribution in [0.25, 0.3) is 0 Å². The minimum absolute atomic E-state index is 0.00257. The fourth-order valence-corrected chi connectivity index (χ4v) is 4.38. The second-order valence-electron chi connectivity index (χ2n) is 9.87. The smallest absolute Gasteiger partial charge is 0.407 e. The molecule has 1 atom stereocenters. The van der Waals surface area contributed by atoms with E-state index in [9.17, 15) is 18.0 Å². The number of benzene rings is 3. The van der Waals surface area contributed by atoms with Crippen molar-refractivity contribution in [1.82, 2.24) is 5.32 Å². The van der Waals surface area contributed by atoms with Gasteiger partial charge in [-0.15, -0.1) is 0 Å². The lowest BCUT2D eigenvalue weighted by Gasteiger charge is -2.24. The molecule has 3 aromatic carbocycles. The van der Waals surface area contributed by atoms with E-state index in [0.717, 1.165) is 16.7 Å². The molecule has 0 aromatic heterocycles. The Labute approximate surface area is 224 Å². The van der Waals surface area contributed by atoms with E-state index in [1.54, 1.807) is 45.0 Å². The van der Waals surface area contributed by atoms with Crippen molar-refractivity contribution in [2.45, 2.75) is 51.2 Å². The first-order valence-electron chi connectivity index (χ1n) is 12.2. The first-order chi connectivity index (χ1) is 17.9. The van der Waals surface area contributed by atoms with E-state index in [2.05, 4.69) is 5.32 Å². The number of hydrogen-bond donors (Lipinski definition) is 1. The summed E-state index contributed by atoms with van der Waals surface area (Å²) in [5.74, 6) is -1.02. The van der Waals surface area contributed by atoms with Gasteiger partial charge in [0.1, 0.15) is 22.9 Å². The van der Waals surface area contributed by atoms with Crippen LogP contribution < -0.4 is 9.50 Å². The normalized spacial score (nSPS) is 12.3. The van der Waals surface area contributed by atoms with Crippen molar-refractivity contribution in [3.8, 4) is 5.75 Å². The second kappa shape index (κ2) is 12.6. The van der Waals surface area contributed by atoms with Crippen LogP contribution in [-0.4, -0.2) is 32.6 Å². The van der Waals surface area contributed by atoms with Crippen molar-refractivity contribution in [2.75, 3.05) is 6.54 Å². The molecule has 38 heavy (non-hydrogen) atoms. The average molecular weight is 540 g/mol. The monoisotopic (exact) mass is 539 g/mol. The molecule has 0 fully saturated rings. The number of rotatable bonds is 10. The average Bonchev–Trinajstić information content (AvgIpc) is 2.86. The van der Waals surface area contributed by atoms with Gasteiger partial charge in [-0.3, -0.25) is 4.79 Å². The molecule has 9 heteroatoms. The fourth-order valence-electron chi connectivity index (χ4n) is 3.45. The number of nitrogens with one attached hydrogen (secondary N) is 1. The van der Waals surface area contributed by atoms with E-state index in [4.69, 9.17) is 13.7 Å². The van der Waals surface area contributed by atoms with E-state index in [1.807, 2.05) is 37.3 Å². The molecular formula is C29H33NO7S. The molecule has 1 N–H and O–H groups in total. The van der Waals surface area contributed by atoms with Gasteiger partial charge < -0.3 is 19.0 Å². The molecule has 0 heterocycles. The van der Waals surface area contributed by atoms with Gasteiger partial charge in [0.2, 0.25) is 0 Å². The van der Waals surface area contributed by atoms with Crippen LogP contribution in [0.1, 0.15) is 37.5 Å². The topological polar surface area (TPSA) is 108 Å². The highest BCUT2D eigenvalue weighted by molar-refractivity contribution is 7.87. The maximum absolute atomic E-state index is 12.9. The summed E-state index contributed by atoms with van der Waals surface area (Å²) in [6, 6.07) is 22.0. The van der Waals surface area contributed by atoms with Crippen LogP contribution in [0, 0.1) is 12.8 Å². The number of ether oxygens (including phenoxy) is 2. The molecule has 0 aliphatic heterocycles. The first kappa shape index (κ1) is 28.7. The van der Waals surface area contributed by atoms with Gasteiger partial charge in [-0.05, 0) is 69.5 Å². The molecule has 1 unspecified atom stereocenters. The lowest BCUT2D eigenvalue weighted by atomic mass is 9.99. The van der Waals surface area contributed by atoms with Gasteiger partial charge in [0, 0.05) is 6.54 Å². The lowest BCUT2D eigenvalue weighted by molar-refractivity contribution is -0.159. The molecule has 0 bridgehead atoms. The van der Waals surface area contributed by atoms with E-state index < -0.39 is 33.7 Å². The van der Waals surface area contributed by atoms with Gasteiger partial charge >= 0.3 is 22.2 Å². The zero-order valence-electron chi connectivity index (χ0n) is 22.0. The number of carbonyl (C=O) groups is 2. The van der Waals surface area contributed by atoms with Crippen LogP contribution in [0.15, 0.2) is 83.8 Å². The molecule has 1 amide bonds. The molecular weight excluding hydrogens is 506 g/mol. The van der Waals surface area contributed by atoms with Gasteiger partial charge in [-0.25, -0.2) is 4.79 Å². The van der Waals surface area contributed by atoms with Crippen LogP contribution in [0.4, 0.5) is 4.79 Å². The van der Waals surface area contributed by atoms with Gasteiger partial charge in [0.25, 0.3) is 0 Å². The van der Waals surface area contributed by atoms with Crippen LogP contribution in [0.5, 0.6) is 5.75 Å². The Morgan fingerprint density at radius 3 is 2.11 bits per heavy atom. The largest absolute Gasteiger partial charge is 0.460 e. The Balaban J connectivity index is 1.63. The molecule has 202 valence electrons. The second-order valence-corrected chi connectivity index (χ2v) is 11.4. The Hall–Kier alpha value is -3.85. The Morgan fingerprint density at radius 1 is 0.868 bits per heavy atom. The maximum atomic E-state index is 12.9. The quantitative estimate of drug-likeness (QED) is 0.279. The first-order valence-corrected chi connectivity index (χ1v) is 13.6. The molecule has 3 rings (SSSR count). The van der Waals surface area contributed by atoms with E-state index in [0.29, 0.717) is 0 Å². The third-order valence-corrected chi connectivity index (χ3v) is 6.63. The molecule has 0 aliphatic rings. The summed E-state index contributed by atoms with van der Waals surface area (Å²) in [5, 5.41) is 2.64. The SMILES string of the molecule is Cc1ccc(S(=O)(=O)Oc2ccc(CC(CNC(=O)OCc3ccccc3)C(=O)OC(C)(C)C)cc2)cc1. The highest BCUT2D eigenvalue weighted by Crippen LogP contribution is 2.22. The summed E-state index contributed by atoms with van der Waals surface area (Å²) >= 11 is 0. The zero-order chi connectivity index (χ0) is 27.8. The summed E-state index contributed by atoms with van der Waals surface area (Å²) in [7, 11) is -3.98. The number of carbonyl (C=O) groups excluding carboxylic acids is 2. The van der Waals surface area contributed by atoms with Crippen molar-refractivity contribution < 1.29 is 31.7 Å². The summed E-state index contributed by atoms with van der Waals surface area (Å²) < 4.78 is 41.1. The summed E-state index contributed by atoms with van der Waals surface area (Å²) in [6.07, 6.45) is -0.397. The van der Waals surface area contributed by atoms with E-state index >= 15 is 0 Å². The fraction of sp³-hybridized carbons (Fsp3) is 0.310. The Bertz CT molecular complexity index is 1310. The highest BCUT2D eigenvalue weighted by Gasteiger charge is 2.26. The molecule has 0 saturated carbocycles. The number of alkyl carbamates (subject to hydrolysis) is 1. The molecule has 0 saturated heterocycles. The van der Waals surface area contributed by atoms with Crippen molar-refractivity contribution in [3.63, 3.8) is 0 Å². The zero-order valence-corrected chi connectivity index (χ0v) is 22.8. The number of esters is 1. The van der Waals surface area contributed by atoms with Crippen molar-refractivity contribution in [1.29, 1.82) is 0 Å². The summed E-state index contributed by atoms with van der Waals surface area (Å²) in [6.45, 7) is 7.28. The van der Waals surface area contributed by atoms with Crippen LogP contribution >= 0.6 is 0 Å². The molecule has 8 nitrogen and oxygen atoms in total. The predicted molar refractivity (Wildman–Crippen MR) is 143 cm³/mol. The van der Waals surface area contributed by atoms with Crippen LogP contribution in [0.2, 0.25) is 0 Å². The summed E-state index contributed by atoms with van der Waals surface area (Å²) in [5.41, 5.74) is 1.82. The van der Waals surface area contributed by atoms with Crippen molar-refractivity contribution >= 4 is 22.2 Å². The number of aryl methyl sites for hydroxylation is 1. The van der Waals surface area contributed by atoms with Crippen molar-refractivity contribution in [2.24, 2.45) is 5.92 Å². The summed E-state index contributed by atoms with van der Waals surface area (Å²) in [4.78, 5) is 25.2.